The molecule has 1 saturated carbocycles. The van der Waals surface area contributed by atoms with Gasteiger partial charge in [-0.05, 0) is 19.8 Å². The van der Waals surface area contributed by atoms with Gasteiger partial charge in [-0.1, -0.05) is 12.8 Å². The molecular formula is C16H27N3O2. The van der Waals surface area contributed by atoms with Crippen LogP contribution >= 0.6 is 0 Å². The summed E-state index contributed by atoms with van der Waals surface area (Å²) in [5, 5.41) is 7.74. The van der Waals surface area contributed by atoms with Gasteiger partial charge in [0.1, 0.15) is 0 Å². The molecule has 0 bridgehead atoms. The van der Waals surface area contributed by atoms with Crippen molar-refractivity contribution < 1.29 is 9.47 Å². The SMILES string of the molecule is Cc1c(CNC[C@H]2COC3(CCCCCC3)O2)cnn1C. The molecule has 0 unspecified atom stereocenters. The Balaban J connectivity index is 1.45. The van der Waals surface area contributed by atoms with Crippen LogP contribution in [-0.2, 0) is 23.1 Å². The van der Waals surface area contributed by atoms with E-state index in [-0.39, 0.29) is 11.9 Å². The highest BCUT2D eigenvalue weighted by Gasteiger charge is 2.41. The van der Waals surface area contributed by atoms with Gasteiger partial charge in [0.25, 0.3) is 0 Å². The van der Waals surface area contributed by atoms with E-state index in [9.17, 15) is 0 Å². The fourth-order valence-corrected chi connectivity index (χ4v) is 3.33. The predicted molar refractivity (Wildman–Crippen MR) is 80.9 cm³/mol. The summed E-state index contributed by atoms with van der Waals surface area (Å²) in [7, 11) is 1.97. The Morgan fingerprint density at radius 3 is 2.76 bits per heavy atom. The van der Waals surface area contributed by atoms with E-state index >= 15 is 0 Å². The number of nitrogens with zero attached hydrogens (tertiary/aromatic N) is 2. The standard InChI is InChI=1S/C16H27N3O2/c1-13-14(10-18-19(13)2)9-17-11-15-12-20-16(21-15)7-5-3-4-6-8-16/h10,15,17H,3-9,11-12H2,1-2H3/t15-/m0/s1. The van der Waals surface area contributed by atoms with E-state index in [4.69, 9.17) is 9.47 Å². The van der Waals surface area contributed by atoms with Crippen LogP contribution in [0.1, 0.15) is 49.8 Å². The van der Waals surface area contributed by atoms with Crippen LogP contribution < -0.4 is 5.32 Å². The lowest BCUT2D eigenvalue weighted by atomic mass is 10.1. The molecule has 5 heteroatoms. The molecule has 1 aliphatic heterocycles. The van der Waals surface area contributed by atoms with Crippen molar-refractivity contribution in [1.82, 2.24) is 15.1 Å². The van der Waals surface area contributed by atoms with E-state index < -0.39 is 0 Å². The first kappa shape index (κ1) is 15.0. The van der Waals surface area contributed by atoms with E-state index in [1.165, 1.54) is 36.9 Å². The topological polar surface area (TPSA) is 48.3 Å². The molecule has 1 N–H and O–H groups in total. The first-order valence-electron chi connectivity index (χ1n) is 8.18. The van der Waals surface area contributed by atoms with Gasteiger partial charge in [0.2, 0.25) is 0 Å². The maximum absolute atomic E-state index is 6.24. The minimum atomic E-state index is -0.271. The van der Waals surface area contributed by atoms with Gasteiger partial charge in [-0.3, -0.25) is 4.68 Å². The van der Waals surface area contributed by atoms with Crippen molar-refractivity contribution in [1.29, 1.82) is 0 Å². The molecule has 118 valence electrons. The molecule has 1 atom stereocenters. The minimum Gasteiger partial charge on any atom is -0.347 e. The number of hydrogen-bond acceptors (Lipinski definition) is 4. The molecule has 1 aromatic rings. The third kappa shape index (κ3) is 3.47. The third-order valence-electron chi connectivity index (χ3n) is 4.80. The molecule has 1 aliphatic carbocycles. The van der Waals surface area contributed by atoms with E-state index in [1.54, 1.807) is 0 Å². The second-order valence-electron chi connectivity index (χ2n) is 6.39. The second kappa shape index (κ2) is 6.46. The van der Waals surface area contributed by atoms with Gasteiger partial charge in [0, 0.05) is 44.2 Å². The Morgan fingerprint density at radius 1 is 1.33 bits per heavy atom. The zero-order chi connectivity index (χ0) is 14.7. The summed E-state index contributed by atoms with van der Waals surface area (Å²) >= 11 is 0. The van der Waals surface area contributed by atoms with Crippen molar-refractivity contribution in [2.75, 3.05) is 13.2 Å². The first-order valence-corrected chi connectivity index (χ1v) is 8.18. The summed E-state index contributed by atoms with van der Waals surface area (Å²) in [4.78, 5) is 0. The van der Waals surface area contributed by atoms with Crippen LogP contribution in [0.25, 0.3) is 0 Å². The number of ether oxygens (including phenoxy) is 2. The number of nitrogens with one attached hydrogen (secondary N) is 1. The Bertz CT molecular complexity index is 464. The van der Waals surface area contributed by atoms with Gasteiger partial charge in [-0.2, -0.15) is 5.10 Å². The van der Waals surface area contributed by atoms with Crippen LogP contribution in [-0.4, -0.2) is 34.8 Å². The van der Waals surface area contributed by atoms with Crippen molar-refractivity contribution in [2.24, 2.45) is 7.05 Å². The molecule has 0 aromatic carbocycles. The third-order valence-corrected chi connectivity index (χ3v) is 4.80. The second-order valence-corrected chi connectivity index (χ2v) is 6.39. The van der Waals surface area contributed by atoms with E-state index in [0.717, 1.165) is 32.5 Å². The molecule has 1 saturated heterocycles. The van der Waals surface area contributed by atoms with Crippen LogP contribution in [0, 0.1) is 6.92 Å². The maximum Gasteiger partial charge on any atom is 0.168 e. The van der Waals surface area contributed by atoms with Gasteiger partial charge in [-0.15, -0.1) is 0 Å². The van der Waals surface area contributed by atoms with E-state index in [2.05, 4.69) is 17.3 Å². The normalized spacial score (nSPS) is 25.3. The Hall–Kier alpha value is -0.910. The zero-order valence-corrected chi connectivity index (χ0v) is 13.2. The lowest BCUT2D eigenvalue weighted by Crippen LogP contribution is -2.33. The lowest BCUT2D eigenvalue weighted by Gasteiger charge is -2.26. The summed E-state index contributed by atoms with van der Waals surface area (Å²) in [6, 6.07) is 0. The fourth-order valence-electron chi connectivity index (χ4n) is 3.33. The van der Waals surface area contributed by atoms with E-state index in [0.29, 0.717) is 0 Å². The zero-order valence-electron chi connectivity index (χ0n) is 13.2. The molecule has 0 radical (unpaired) electrons. The average Bonchev–Trinajstić information content (AvgIpc) is 2.91. The molecule has 0 amide bonds. The number of aromatic nitrogens is 2. The van der Waals surface area contributed by atoms with E-state index in [1.807, 2.05) is 17.9 Å². The summed E-state index contributed by atoms with van der Waals surface area (Å²) in [6.45, 7) is 4.50. The van der Waals surface area contributed by atoms with Crippen molar-refractivity contribution >= 4 is 0 Å². The summed E-state index contributed by atoms with van der Waals surface area (Å²) in [5.74, 6) is -0.271. The lowest BCUT2D eigenvalue weighted by molar-refractivity contribution is -0.175. The molecule has 1 spiro atoms. The van der Waals surface area contributed by atoms with Crippen LogP contribution in [0.3, 0.4) is 0 Å². The summed E-state index contributed by atoms with van der Waals surface area (Å²) < 4.78 is 14.2. The van der Waals surface area contributed by atoms with Gasteiger partial charge in [-0.25, -0.2) is 0 Å². The molecular weight excluding hydrogens is 266 g/mol. The average molecular weight is 293 g/mol. The summed E-state index contributed by atoms with van der Waals surface area (Å²) in [5.41, 5.74) is 2.46. The molecule has 1 aromatic heterocycles. The van der Waals surface area contributed by atoms with Gasteiger partial charge >= 0.3 is 0 Å². The van der Waals surface area contributed by atoms with Crippen molar-refractivity contribution in [3.05, 3.63) is 17.5 Å². The minimum absolute atomic E-state index is 0.181. The molecule has 3 rings (SSSR count). The fraction of sp³-hybridized carbons (Fsp3) is 0.812. The molecule has 2 fully saturated rings. The Kier molecular flexibility index (Phi) is 4.62. The highest BCUT2D eigenvalue weighted by atomic mass is 16.7. The van der Waals surface area contributed by atoms with Crippen LogP contribution in [0.15, 0.2) is 6.20 Å². The number of rotatable bonds is 4. The molecule has 2 aliphatic rings. The van der Waals surface area contributed by atoms with Gasteiger partial charge in [0.05, 0.1) is 18.9 Å². The van der Waals surface area contributed by atoms with Gasteiger partial charge < -0.3 is 14.8 Å². The Morgan fingerprint density at radius 2 is 2.10 bits per heavy atom. The van der Waals surface area contributed by atoms with Crippen LogP contribution in [0.5, 0.6) is 0 Å². The van der Waals surface area contributed by atoms with Gasteiger partial charge in [0.15, 0.2) is 5.79 Å². The van der Waals surface area contributed by atoms with Crippen LogP contribution in [0.2, 0.25) is 0 Å². The predicted octanol–water partition coefficient (Wildman–Crippen LogP) is 2.28. The van der Waals surface area contributed by atoms with Crippen molar-refractivity contribution in [2.45, 2.75) is 63.9 Å². The largest absolute Gasteiger partial charge is 0.347 e. The number of hydrogen-bond donors (Lipinski definition) is 1. The molecule has 2 heterocycles. The quantitative estimate of drug-likeness (QED) is 0.925. The smallest absolute Gasteiger partial charge is 0.168 e. The van der Waals surface area contributed by atoms with Crippen molar-refractivity contribution in [3.8, 4) is 0 Å². The molecule has 5 nitrogen and oxygen atoms in total. The highest BCUT2D eigenvalue weighted by Crippen LogP contribution is 2.36. The first-order chi connectivity index (χ1) is 10.2. The van der Waals surface area contributed by atoms with Crippen LogP contribution in [0.4, 0.5) is 0 Å². The maximum atomic E-state index is 6.24. The molecule has 21 heavy (non-hydrogen) atoms. The Labute approximate surface area is 127 Å². The summed E-state index contributed by atoms with van der Waals surface area (Å²) in [6.07, 6.45) is 9.33. The highest BCUT2D eigenvalue weighted by molar-refractivity contribution is 5.15. The van der Waals surface area contributed by atoms with Crippen molar-refractivity contribution in [3.63, 3.8) is 0 Å². The monoisotopic (exact) mass is 293 g/mol. The number of aryl methyl sites for hydroxylation is 1.